The summed E-state index contributed by atoms with van der Waals surface area (Å²) >= 11 is 11.9. The van der Waals surface area contributed by atoms with E-state index in [1.165, 1.54) is 10.6 Å². The Kier molecular flexibility index (Phi) is 6.74. The molecule has 2 rings (SSSR count). The maximum absolute atomic E-state index is 12.0. The van der Waals surface area contributed by atoms with E-state index in [1.807, 2.05) is 0 Å². The van der Waals surface area contributed by atoms with E-state index in [1.54, 1.807) is 18.2 Å². The van der Waals surface area contributed by atoms with Crippen molar-refractivity contribution in [3.8, 4) is 5.75 Å². The molecule has 0 atom stereocenters. The Morgan fingerprint density at radius 1 is 1.21 bits per heavy atom. The van der Waals surface area contributed by atoms with E-state index >= 15 is 0 Å². The molecule has 9 heteroatoms. The molecule has 0 amide bonds. The van der Waals surface area contributed by atoms with Gasteiger partial charge in [-0.05, 0) is 25.0 Å². The quantitative estimate of drug-likeness (QED) is 0.546. The number of hydrogen-bond acceptors (Lipinski definition) is 5. The highest BCUT2D eigenvalue weighted by Crippen LogP contribution is 2.32. The van der Waals surface area contributed by atoms with Crippen LogP contribution in [0.5, 0.6) is 5.75 Å². The second-order valence-electron chi connectivity index (χ2n) is 5.50. The molecule has 6 nitrogen and oxygen atoms in total. The molecule has 0 bridgehead atoms. The van der Waals surface area contributed by atoms with Gasteiger partial charge >= 0.3 is 5.97 Å². The third kappa shape index (κ3) is 5.24. The van der Waals surface area contributed by atoms with Crippen molar-refractivity contribution in [3.63, 3.8) is 0 Å². The zero-order chi connectivity index (χ0) is 17.7. The fourth-order valence-corrected chi connectivity index (χ4v) is 3.83. The molecule has 0 aromatic heterocycles. The Balaban J connectivity index is 1.73. The largest absolute Gasteiger partial charge is 0.487 e. The molecule has 0 unspecified atom stereocenters. The van der Waals surface area contributed by atoms with Crippen LogP contribution in [-0.4, -0.2) is 51.3 Å². The summed E-state index contributed by atoms with van der Waals surface area (Å²) in [5, 5.41) is 0.781. The number of para-hydroxylation sites is 1. The van der Waals surface area contributed by atoms with E-state index in [0.717, 1.165) is 0 Å². The third-order valence-electron chi connectivity index (χ3n) is 3.75. The summed E-state index contributed by atoms with van der Waals surface area (Å²) in [5.74, 6) is -0.262. The average Bonchev–Trinajstić information content (AvgIpc) is 2.53. The topological polar surface area (TPSA) is 72.9 Å². The lowest BCUT2D eigenvalue weighted by Gasteiger charge is -2.28. The number of halogens is 2. The summed E-state index contributed by atoms with van der Waals surface area (Å²) in [6, 6.07) is 5.02. The van der Waals surface area contributed by atoms with Crippen LogP contribution in [0.15, 0.2) is 18.2 Å². The van der Waals surface area contributed by atoms with Crippen LogP contribution < -0.4 is 4.74 Å². The first-order valence-corrected chi connectivity index (χ1v) is 10.1. The Labute approximate surface area is 151 Å². The standard InChI is InChI=1S/C15H19Cl2NO5S/c1-24(20,21)18-7-5-11(6-8-18)15(19)23-10-9-22-14-12(16)3-2-4-13(14)17/h2-4,11H,5-10H2,1H3. The molecule has 1 aromatic rings. The minimum absolute atomic E-state index is 0.0761. The van der Waals surface area contributed by atoms with Gasteiger partial charge in [-0.15, -0.1) is 0 Å². The lowest BCUT2D eigenvalue weighted by Crippen LogP contribution is -2.40. The van der Waals surface area contributed by atoms with Crippen LogP contribution in [0.1, 0.15) is 12.8 Å². The molecule has 1 aliphatic rings. The van der Waals surface area contributed by atoms with Gasteiger partial charge in [0.05, 0.1) is 22.2 Å². The second-order valence-corrected chi connectivity index (χ2v) is 8.30. The van der Waals surface area contributed by atoms with Gasteiger partial charge in [0, 0.05) is 13.1 Å². The van der Waals surface area contributed by atoms with E-state index in [9.17, 15) is 13.2 Å². The number of hydrogen-bond donors (Lipinski definition) is 0. The van der Waals surface area contributed by atoms with Gasteiger partial charge in [-0.2, -0.15) is 0 Å². The highest BCUT2D eigenvalue weighted by Gasteiger charge is 2.29. The van der Waals surface area contributed by atoms with E-state index < -0.39 is 10.0 Å². The molecule has 134 valence electrons. The van der Waals surface area contributed by atoms with Crippen molar-refractivity contribution in [2.45, 2.75) is 12.8 Å². The SMILES string of the molecule is CS(=O)(=O)N1CCC(C(=O)OCCOc2c(Cl)cccc2Cl)CC1. The summed E-state index contributed by atoms with van der Waals surface area (Å²) in [6.07, 6.45) is 2.09. The minimum atomic E-state index is -3.20. The van der Waals surface area contributed by atoms with Gasteiger partial charge in [-0.3, -0.25) is 4.79 Å². The highest BCUT2D eigenvalue weighted by molar-refractivity contribution is 7.88. The van der Waals surface area contributed by atoms with Gasteiger partial charge in [0.25, 0.3) is 0 Å². The maximum Gasteiger partial charge on any atom is 0.309 e. The zero-order valence-corrected chi connectivity index (χ0v) is 15.5. The van der Waals surface area contributed by atoms with Gasteiger partial charge in [0.1, 0.15) is 13.2 Å². The van der Waals surface area contributed by atoms with Crippen LogP contribution in [0.2, 0.25) is 10.0 Å². The van der Waals surface area contributed by atoms with Crippen LogP contribution in [0.25, 0.3) is 0 Å². The summed E-state index contributed by atoms with van der Waals surface area (Å²) in [7, 11) is -3.20. The Morgan fingerprint density at radius 3 is 2.33 bits per heavy atom. The highest BCUT2D eigenvalue weighted by atomic mass is 35.5. The number of benzene rings is 1. The molecule has 1 heterocycles. The van der Waals surface area contributed by atoms with Crippen molar-refractivity contribution in [2.75, 3.05) is 32.6 Å². The number of rotatable bonds is 6. The number of sulfonamides is 1. The first-order chi connectivity index (χ1) is 11.3. The molecule has 24 heavy (non-hydrogen) atoms. The molecule has 0 radical (unpaired) electrons. The van der Waals surface area contributed by atoms with Crippen molar-refractivity contribution in [2.24, 2.45) is 5.92 Å². The van der Waals surface area contributed by atoms with Crippen LogP contribution in [0.3, 0.4) is 0 Å². The molecular formula is C15H19Cl2NO5S. The van der Waals surface area contributed by atoms with Crippen molar-refractivity contribution >= 4 is 39.2 Å². The van der Waals surface area contributed by atoms with E-state index in [4.69, 9.17) is 32.7 Å². The van der Waals surface area contributed by atoms with Crippen LogP contribution in [0.4, 0.5) is 0 Å². The van der Waals surface area contributed by atoms with Gasteiger partial charge in [0.2, 0.25) is 10.0 Å². The average molecular weight is 396 g/mol. The normalized spacial score (nSPS) is 16.8. The molecule has 1 fully saturated rings. The van der Waals surface area contributed by atoms with Crippen molar-refractivity contribution in [3.05, 3.63) is 28.2 Å². The predicted octanol–water partition coefficient (Wildman–Crippen LogP) is 2.59. The van der Waals surface area contributed by atoms with Crippen molar-refractivity contribution < 1.29 is 22.7 Å². The van der Waals surface area contributed by atoms with Gasteiger partial charge in [-0.1, -0.05) is 29.3 Å². The molecule has 0 saturated carbocycles. The molecule has 1 aromatic carbocycles. The third-order valence-corrected chi connectivity index (χ3v) is 5.65. The number of carbonyl (C=O) groups is 1. The predicted molar refractivity (Wildman–Crippen MR) is 92.1 cm³/mol. The summed E-state index contributed by atoms with van der Waals surface area (Å²) in [6.45, 7) is 0.888. The lowest BCUT2D eigenvalue weighted by atomic mass is 9.98. The fourth-order valence-electron chi connectivity index (χ4n) is 2.45. The first kappa shape index (κ1) is 19.3. The second kappa shape index (κ2) is 8.38. The van der Waals surface area contributed by atoms with E-state index in [2.05, 4.69) is 0 Å². The van der Waals surface area contributed by atoms with Crippen molar-refractivity contribution in [1.82, 2.24) is 4.31 Å². The summed E-state index contributed by atoms with van der Waals surface area (Å²) < 4.78 is 34.9. The van der Waals surface area contributed by atoms with Crippen LogP contribution in [0, 0.1) is 5.92 Å². The lowest BCUT2D eigenvalue weighted by molar-refractivity contribution is -0.150. The first-order valence-electron chi connectivity index (χ1n) is 7.47. The van der Waals surface area contributed by atoms with Crippen LogP contribution in [-0.2, 0) is 19.6 Å². The Morgan fingerprint density at radius 2 is 1.79 bits per heavy atom. The Hall–Kier alpha value is -1.02. The molecule has 0 spiro atoms. The molecule has 1 aliphatic heterocycles. The molecule has 1 saturated heterocycles. The number of nitrogens with zero attached hydrogens (tertiary/aromatic N) is 1. The van der Waals surface area contributed by atoms with Gasteiger partial charge in [0.15, 0.2) is 5.75 Å². The Bertz CT molecular complexity index is 667. The number of ether oxygens (including phenoxy) is 2. The summed E-state index contributed by atoms with van der Waals surface area (Å²) in [5.41, 5.74) is 0. The number of carbonyl (C=O) groups excluding carboxylic acids is 1. The maximum atomic E-state index is 12.0. The van der Waals surface area contributed by atoms with Gasteiger partial charge < -0.3 is 9.47 Å². The van der Waals surface area contributed by atoms with E-state index in [0.29, 0.717) is 41.7 Å². The summed E-state index contributed by atoms with van der Waals surface area (Å²) in [4.78, 5) is 12.0. The smallest absolute Gasteiger partial charge is 0.309 e. The minimum Gasteiger partial charge on any atom is -0.487 e. The van der Waals surface area contributed by atoms with Gasteiger partial charge in [-0.25, -0.2) is 12.7 Å². The van der Waals surface area contributed by atoms with Crippen molar-refractivity contribution in [1.29, 1.82) is 0 Å². The number of esters is 1. The van der Waals surface area contributed by atoms with Crippen LogP contribution >= 0.6 is 23.2 Å². The molecule has 0 aliphatic carbocycles. The van der Waals surface area contributed by atoms with E-state index in [-0.39, 0.29) is 25.1 Å². The molecular weight excluding hydrogens is 377 g/mol. The number of piperidine rings is 1. The molecule has 0 N–H and O–H groups in total. The zero-order valence-electron chi connectivity index (χ0n) is 13.2. The monoisotopic (exact) mass is 395 g/mol. The fraction of sp³-hybridized carbons (Fsp3) is 0.533.